The van der Waals surface area contributed by atoms with Crippen molar-refractivity contribution in [1.82, 2.24) is 19.5 Å². The second-order valence-electron chi connectivity index (χ2n) is 4.87. The molecule has 2 aromatic heterocycles. The first-order valence-electron chi connectivity index (χ1n) is 6.84. The second-order valence-corrected chi connectivity index (χ2v) is 4.87. The van der Waals surface area contributed by atoms with Crippen LogP contribution in [0.4, 0.5) is 23.2 Å². The van der Waals surface area contributed by atoms with Gasteiger partial charge in [-0.1, -0.05) is 0 Å². The zero-order chi connectivity index (χ0) is 18.0. The molecular formula is C15H9F4N5O. The molecule has 1 N–H and O–H groups in total. The zero-order valence-corrected chi connectivity index (χ0v) is 12.3. The van der Waals surface area contributed by atoms with Crippen LogP contribution in [-0.2, 0) is 6.18 Å². The number of amides is 1. The summed E-state index contributed by atoms with van der Waals surface area (Å²) in [6.45, 7) is 0. The minimum absolute atomic E-state index is 0.211. The van der Waals surface area contributed by atoms with Crippen LogP contribution < -0.4 is 5.32 Å². The Morgan fingerprint density at radius 3 is 2.44 bits per heavy atom. The van der Waals surface area contributed by atoms with E-state index >= 15 is 0 Å². The number of benzene rings is 1. The van der Waals surface area contributed by atoms with Gasteiger partial charge in [0.05, 0.1) is 0 Å². The molecule has 2 heterocycles. The maximum Gasteiger partial charge on any atom is 0.433 e. The molecule has 0 radical (unpaired) electrons. The van der Waals surface area contributed by atoms with Crippen LogP contribution in [0.25, 0.3) is 5.95 Å². The van der Waals surface area contributed by atoms with E-state index in [-0.39, 0.29) is 11.6 Å². The van der Waals surface area contributed by atoms with Crippen molar-refractivity contribution in [2.24, 2.45) is 0 Å². The summed E-state index contributed by atoms with van der Waals surface area (Å²) in [6.07, 6.45) is -0.876. The van der Waals surface area contributed by atoms with Crippen molar-refractivity contribution < 1.29 is 22.4 Å². The average molecular weight is 351 g/mol. The largest absolute Gasteiger partial charge is 0.433 e. The first-order chi connectivity index (χ1) is 11.8. The first-order valence-corrected chi connectivity index (χ1v) is 6.84. The van der Waals surface area contributed by atoms with Crippen molar-refractivity contribution in [3.05, 3.63) is 66.3 Å². The Bertz CT molecular complexity index is 891. The highest BCUT2D eigenvalue weighted by Gasteiger charge is 2.34. The van der Waals surface area contributed by atoms with Gasteiger partial charge in [0.15, 0.2) is 5.69 Å². The van der Waals surface area contributed by atoms with E-state index in [1.807, 2.05) is 0 Å². The smallest absolute Gasteiger partial charge is 0.321 e. The van der Waals surface area contributed by atoms with Crippen LogP contribution in [0.15, 0.2) is 49.1 Å². The number of aromatic nitrogens is 4. The van der Waals surface area contributed by atoms with Crippen molar-refractivity contribution in [2.75, 3.05) is 5.32 Å². The second kappa shape index (κ2) is 6.30. The number of carbonyl (C=O) groups is 1. The molecule has 10 heteroatoms. The summed E-state index contributed by atoms with van der Waals surface area (Å²) in [7, 11) is 0. The average Bonchev–Trinajstić information content (AvgIpc) is 3.10. The lowest BCUT2D eigenvalue weighted by Crippen LogP contribution is -2.19. The number of nitrogens with one attached hydrogen (secondary N) is 1. The Morgan fingerprint density at radius 1 is 1.12 bits per heavy atom. The third kappa shape index (κ3) is 3.79. The van der Waals surface area contributed by atoms with E-state index in [0.29, 0.717) is 6.07 Å². The molecule has 3 rings (SSSR count). The molecule has 0 unspecified atom stereocenters. The van der Waals surface area contributed by atoms with Crippen molar-refractivity contribution in [3.63, 3.8) is 0 Å². The van der Waals surface area contributed by atoms with Gasteiger partial charge in [0, 0.05) is 24.1 Å². The fraction of sp³-hybridized carbons (Fsp3) is 0.0667. The van der Waals surface area contributed by atoms with E-state index in [4.69, 9.17) is 0 Å². The van der Waals surface area contributed by atoms with Gasteiger partial charge in [-0.2, -0.15) is 13.2 Å². The number of hydrogen-bond acceptors (Lipinski definition) is 4. The fourth-order valence-corrected chi connectivity index (χ4v) is 1.92. The van der Waals surface area contributed by atoms with E-state index in [1.165, 1.54) is 30.9 Å². The third-order valence-electron chi connectivity index (χ3n) is 3.07. The van der Waals surface area contributed by atoms with Crippen molar-refractivity contribution in [3.8, 4) is 5.95 Å². The van der Waals surface area contributed by atoms with Crippen molar-refractivity contribution in [2.45, 2.75) is 6.18 Å². The van der Waals surface area contributed by atoms with Crippen LogP contribution in [0.3, 0.4) is 0 Å². The van der Waals surface area contributed by atoms with Gasteiger partial charge < -0.3 is 5.32 Å². The van der Waals surface area contributed by atoms with Gasteiger partial charge >= 0.3 is 6.18 Å². The minimum atomic E-state index is -4.76. The fourth-order valence-electron chi connectivity index (χ4n) is 1.92. The molecule has 3 aromatic rings. The van der Waals surface area contributed by atoms with E-state index in [9.17, 15) is 22.4 Å². The Labute approximate surface area is 138 Å². The summed E-state index contributed by atoms with van der Waals surface area (Å²) in [6, 6.07) is 5.30. The van der Waals surface area contributed by atoms with Crippen LogP contribution >= 0.6 is 0 Å². The van der Waals surface area contributed by atoms with Crippen LogP contribution in [0, 0.1) is 5.82 Å². The number of rotatable bonds is 3. The Balaban J connectivity index is 1.98. The maximum absolute atomic E-state index is 13.0. The lowest BCUT2D eigenvalue weighted by Gasteiger charge is -2.11. The molecule has 0 saturated heterocycles. The van der Waals surface area contributed by atoms with E-state index in [2.05, 4.69) is 20.3 Å². The zero-order valence-electron chi connectivity index (χ0n) is 12.3. The molecule has 0 saturated carbocycles. The lowest BCUT2D eigenvalue weighted by molar-refractivity contribution is -0.141. The monoisotopic (exact) mass is 351 g/mol. The molecule has 0 aliphatic heterocycles. The molecule has 0 atom stereocenters. The Hall–Kier alpha value is -3.30. The number of alkyl halides is 3. The topological polar surface area (TPSA) is 72.7 Å². The standard InChI is InChI=1S/C15H9F4N5O/c16-9-1-3-10(4-2-9)21-13(25)11-7-12(15(17,18)19)23-14(22-11)24-6-5-20-8-24/h1-8H,(H,21,25). The van der Waals surface area contributed by atoms with Gasteiger partial charge in [0.1, 0.15) is 17.8 Å². The predicted molar refractivity (Wildman–Crippen MR) is 78.5 cm³/mol. The number of hydrogen-bond donors (Lipinski definition) is 1. The van der Waals surface area contributed by atoms with Gasteiger partial charge in [0.25, 0.3) is 5.91 Å². The molecule has 0 bridgehead atoms. The van der Waals surface area contributed by atoms with Crippen LogP contribution in [-0.4, -0.2) is 25.4 Å². The highest BCUT2D eigenvalue weighted by Crippen LogP contribution is 2.28. The van der Waals surface area contributed by atoms with E-state index in [1.54, 1.807) is 0 Å². The number of imidazole rings is 1. The van der Waals surface area contributed by atoms with E-state index in [0.717, 1.165) is 16.7 Å². The summed E-state index contributed by atoms with van der Waals surface area (Å²) >= 11 is 0. The van der Waals surface area contributed by atoms with Crippen LogP contribution in [0.5, 0.6) is 0 Å². The summed E-state index contributed by atoms with van der Waals surface area (Å²) in [4.78, 5) is 23.2. The normalized spacial score (nSPS) is 11.4. The van der Waals surface area contributed by atoms with Crippen LogP contribution in [0.1, 0.15) is 16.2 Å². The van der Waals surface area contributed by atoms with Crippen LogP contribution in [0.2, 0.25) is 0 Å². The number of nitrogens with zero attached hydrogens (tertiary/aromatic N) is 4. The molecule has 0 aliphatic rings. The molecule has 6 nitrogen and oxygen atoms in total. The predicted octanol–water partition coefficient (Wildman–Crippen LogP) is 3.07. The summed E-state index contributed by atoms with van der Waals surface area (Å²) in [5.74, 6) is -1.75. The Kier molecular flexibility index (Phi) is 4.17. The Morgan fingerprint density at radius 2 is 1.84 bits per heavy atom. The minimum Gasteiger partial charge on any atom is -0.321 e. The van der Waals surface area contributed by atoms with Gasteiger partial charge in [-0.05, 0) is 24.3 Å². The highest BCUT2D eigenvalue weighted by molar-refractivity contribution is 6.03. The van der Waals surface area contributed by atoms with E-state index < -0.39 is 29.3 Å². The molecule has 1 aromatic carbocycles. The van der Waals surface area contributed by atoms with Crippen molar-refractivity contribution >= 4 is 11.6 Å². The molecule has 0 spiro atoms. The molecule has 1 amide bonds. The maximum atomic E-state index is 13.0. The molecule has 25 heavy (non-hydrogen) atoms. The van der Waals surface area contributed by atoms with Gasteiger partial charge in [-0.3, -0.25) is 9.36 Å². The summed E-state index contributed by atoms with van der Waals surface area (Å²) in [5.41, 5.74) is -1.55. The third-order valence-corrected chi connectivity index (χ3v) is 3.07. The molecule has 0 aliphatic carbocycles. The molecular weight excluding hydrogens is 342 g/mol. The SMILES string of the molecule is O=C(Nc1ccc(F)cc1)c1cc(C(F)(F)F)nc(-n2ccnc2)n1. The molecule has 0 fully saturated rings. The first kappa shape index (κ1) is 16.6. The number of anilines is 1. The quantitative estimate of drug-likeness (QED) is 0.736. The number of carbonyl (C=O) groups excluding carboxylic acids is 1. The van der Waals surface area contributed by atoms with Gasteiger partial charge in [0.2, 0.25) is 5.95 Å². The lowest BCUT2D eigenvalue weighted by atomic mass is 10.2. The van der Waals surface area contributed by atoms with Gasteiger partial charge in [-0.25, -0.2) is 19.3 Å². The molecule has 128 valence electrons. The summed E-state index contributed by atoms with van der Waals surface area (Å²) in [5, 5.41) is 2.35. The van der Waals surface area contributed by atoms with Gasteiger partial charge in [-0.15, -0.1) is 0 Å². The summed E-state index contributed by atoms with van der Waals surface area (Å²) < 4.78 is 53.1. The number of halogens is 4. The van der Waals surface area contributed by atoms with Crippen molar-refractivity contribution in [1.29, 1.82) is 0 Å². The highest BCUT2D eigenvalue weighted by atomic mass is 19.4.